The van der Waals surface area contributed by atoms with Gasteiger partial charge in [0.25, 0.3) is 0 Å². The Kier molecular flexibility index (Phi) is 4.07. The molecule has 0 saturated carbocycles. The molecular formula is C18H27N5. The summed E-state index contributed by atoms with van der Waals surface area (Å²) in [6.07, 6.45) is 8.13. The number of fused-ring (bicyclic) bond motifs is 1. The molecule has 4 heterocycles. The van der Waals surface area contributed by atoms with Gasteiger partial charge in [-0.25, -0.2) is 9.97 Å². The predicted octanol–water partition coefficient (Wildman–Crippen LogP) is 2.16. The number of likely N-dealkylation sites (N-methyl/N-ethyl adjacent to an activating group) is 2. The molecule has 2 aromatic rings. The summed E-state index contributed by atoms with van der Waals surface area (Å²) in [4.78, 5) is 14.5. The van der Waals surface area contributed by atoms with E-state index >= 15 is 0 Å². The fraction of sp³-hybridized carbons (Fsp3) is 0.667. The van der Waals surface area contributed by atoms with Gasteiger partial charge in [0, 0.05) is 31.2 Å². The second kappa shape index (κ2) is 6.21. The molecule has 4 rings (SSSR count). The van der Waals surface area contributed by atoms with Gasteiger partial charge in [0.05, 0.1) is 0 Å². The first kappa shape index (κ1) is 15.1. The molecule has 124 valence electrons. The largest absolute Gasteiger partial charge is 0.311 e. The van der Waals surface area contributed by atoms with Gasteiger partial charge < -0.3 is 14.4 Å². The molecule has 0 N–H and O–H groups in total. The highest BCUT2D eigenvalue weighted by Crippen LogP contribution is 2.24. The molecule has 2 aliphatic heterocycles. The van der Waals surface area contributed by atoms with Crippen molar-refractivity contribution < 1.29 is 0 Å². The van der Waals surface area contributed by atoms with Gasteiger partial charge in [-0.2, -0.15) is 0 Å². The molecule has 2 aliphatic rings. The van der Waals surface area contributed by atoms with E-state index in [4.69, 9.17) is 4.98 Å². The number of likely N-dealkylation sites (tertiary alicyclic amines) is 2. The third kappa shape index (κ3) is 2.88. The van der Waals surface area contributed by atoms with Crippen LogP contribution in [-0.2, 0) is 13.0 Å². The first-order valence-electron chi connectivity index (χ1n) is 8.93. The Labute approximate surface area is 138 Å². The predicted molar refractivity (Wildman–Crippen MR) is 92.5 cm³/mol. The maximum Gasteiger partial charge on any atom is 0.160 e. The third-order valence-corrected chi connectivity index (χ3v) is 5.74. The van der Waals surface area contributed by atoms with Crippen LogP contribution in [-0.4, -0.2) is 63.6 Å². The van der Waals surface area contributed by atoms with Gasteiger partial charge in [0.15, 0.2) is 5.65 Å². The number of aromatic nitrogens is 3. The van der Waals surface area contributed by atoms with Crippen LogP contribution in [0.1, 0.15) is 31.5 Å². The number of pyridine rings is 1. The van der Waals surface area contributed by atoms with Crippen molar-refractivity contribution in [2.75, 3.05) is 27.2 Å². The molecule has 5 nitrogen and oxygen atoms in total. The Hall–Kier alpha value is -1.46. The Morgan fingerprint density at radius 3 is 2.52 bits per heavy atom. The van der Waals surface area contributed by atoms with Gasteiger partial charge in [0.2, 0.25) is 0 Å². The second-order valence-corrected chi connectivity index (χ2v) is 7.24. The molecule has 5 heteroatoms. The molecule has 2 saturated heterocycles. The fourth-order valence-corrected chi connectivity index (χ4v) is 4.22. The van der Waals surface area contributed by atoms with Crippen LogP contribution in [0.5, 0.6) is 0 Å². The molecule has 23 heavy (non-hydrogen) atoms. The topological polar surface area (TPSA) is 37.2 Å². The van der Waals surface area contributed by atoms with E-state index in [0.717, 1.165) is 24.1 Å². The van der Waals surface area contributed by atoms with Gasteiger partial charge in [-0.3, -0.25) is 0 Å². The van der Waals surface area contributed by atoms with E-state index in [1.165, 1.54) is 44.6 Å². The third-order valence-electron chi connectivity index (χ3n) is 5.74. The first-order chi connectivity index (χ1) is 11.2. The van der Waals surface area contributed by atoms with Crippen molar-refractivity contribution in [1.82, 2.24) is 24.3 Å². The number of hydrogen-bond donors (Lipinski definition) is 0. The van der Waals surface area contributed by atoms with Crippen LogP contribution < -0.4 is 0 Å². The minimum atomic E-state index is 0.620. The lowest BCUT2D eigenvalue weighted by atomic mass is 10.1. The summed E-state index contributed by atoms with van der Waals surface area (Å²) >= 11 is 0. The number of hydrogen-bond acceptors (Lipinski definition) is 4. The van der Waals surface area contributed by atoms with Crippen molar-refractivity contribution in [3.05, 3.63) is 24.2 Å². The summed E-state index contributed by atoms with van der Waals surface area (Å²) in [5.74, 6) is 1.22. The Morgan fingerprint density at radius 2 is 1.83 bits per heavy atom. The Balaban J connectivity index is 1.66. The van der Waals surface area contributed by atoms with E-state index in [1.54, 1.807) is 0 Å². The van der Waals surface area contributed by atoms with Gasteiger partial charge in [0.1, 0.15) is 11.3 Å². The summed E-state index contributed by atoms with van der Waals surface area (Å²) in [6.45, 7) is 3.45. The van der Waals surface area contributed by atoms with Crippen molar-refractivity contribution >= 4 is 11.2 Å². The van der Waals surface area contributed by atoms with Crippen LogP contribution in [0, 0.1) is 0 Å². The molecule has 2 aromatic heterocycles. The molecular weight excluding hydrogens is 286 g/mol. The zero-order valence-corrected chi connectivity index (χ0v) is 14.3. The molecule has 0 aromatic carbocycles. The minimum Gasteiger partial charge on any atom is -0.311 e. The van der Waals surface area contributed by atoms with Crippen LogP contribution in [0.4, 0.5) is 0 Å². The van der Waals surface area contributed by atoms with Crippen LogP contribution in [0.3, 0.4) is 0 Å². The van der Waals surface area contributed by atoms with Crippen molar-refractivity contribution in [2.24, 2.45) is 0 Å². The molecule has 2 unspecified atom stereocenters. The summed E-state index contributed by atoms with van der Waals surface area (Å²) in [5, 5.41) is 0. The van der Waals surface area contributed by atoms with Crippen molar-refractivity contribution in [3.8, 4) is 0 Å². The van der Waals surface area contributed by atoms with Gasteiger partial charge in [-0.15, -0.1) is 0 Å². The van der Waals surface area contributed by atoms with Crippen molar-refractivity contribution in [3.63, 3.8) is 0 Å². The Morgan fingerprint density at radius 1 is 1.09 bits per heavy atom. The van der Waals surface area contributed by atoms with Crippen LogP contribution in [0.25, 0.3) is 11.2 Å². The normalized spacial score (nSPS) is 26.5. The summed E-state index contributed by atoms with van der Waals surface area (Å²) in [5.41, 5.74) is 2.10. The summed E-state index contributed by atoms with van der Waals surface area (Å²) < 4.78 is 2.40. The number of imidazole rings is 1. The molecule has 2 atom stereocenters. The average molecular weight is 313 g/mol. The van der Waals surface area contributed by atoms with Crippen LogP contribution in [0.15, 0.2) is 18.3 Å². The fourth-order valence-electron chi connectivity index (χ4n) is 4.22. The lowest BCUT2D eigenvalue weighted by molar-refractivity contribution is 0.274. The highest BCUT2D eigenvalue weighted by molar-refractivity contribution is 5.71. The quantitative estimate of drug-likeness (QED) is 0.867. The number of rotatable bonds is 4. The van der Waals surface area contributed by atoms with Crippen molar-refractivity contribution in [1.29, 1.82) is 0 Å². The Bertz CT molecular complexity index is 679. The lowest BCUT2D eigenvalue weighted by Crippen LogP contribution is -2.32. The number of nitrogens with zero attached hydrogens (tertiary/aromatic N) is 5. The second-order valence-electron chi connectivity index (χ2n) is 7.24. The van der Waals surface area contributed by atoms with E-state index in [1.807, 2.05) is 12.3 Å². The maximum atomic E-state index is 4.93. The maximum absolute atomic E-state index is 4.93. The summed E-state index contributed by atoms with van der Waals surface area (Å²) in [6, 6.07) is 5.34. The zero-order valence-electron chi connectivity index (χ0n) is 14.3. The highest BCUT2D eigenvalue weighted by atomic mass is 15.2. The van der Waals surface area contributed by atoms with Crippen molar-refractivity contribution in [2.45, 2.75) is 50.7 Å². The van der Waals surface area contributed by atoms with Gasteiger partial charge >= 0.3 is 0 Å². The first-order valence-corrected chi connectivity index (χ1v) is 8.93. The molecule has 0 bridgehead atoms. The van der Waals surface area contributed by atoms with E-state index in [2.05, 4.69) is 39.5 Å². The SMILES string of the molecule is CN1CCCC1Cc1nc2cccnc2n1CC1CCCN1C. The standard InChI is InChI=1S/C18H27N5/c1-21-10-4-6-14(21)12-17-20-16-8-3-9-19-18(16)23(17)13-15-7-5-11-22(15)2/h3,8-9,14-15H,4-7,10-13H2,1-2H3. The van der Waals surface area contributed by atoms with Crippen LogP contribution in [0.2, 0.25) is 0 Å². The monoisotopic (exact) mass is 313 g/mol. The molecule has 0 aliphatic carbocycles. The lowest BCUT2D eigenvalue weighted by Gasteiger charge is -2.23. The van der Waals surface area contributed by atoms with E-state index in [0.29, 0.717) is 12.1 Å². The van der Waals surface area contributed by atoms with E-state index in [9.17, 15) is 0 Å². The molecule has 0 radical (unpaired) electrons. The summed E-state index contributed by atoms with van der Waals surface area (Å²) in [7, 11) is 4.49. The molecule has 2 fully saturated rings. The average Bonchev–Trinajstić information content (AvgIpc) is 3.23. The minimum absolute atomic E-state index is 0.620. The highest BCUT2D eigenvalue weighted by Gasteiger charge is 2.27. The van der Waals surface area contributed by atoms with Gasteiger partial charge in [-0.05, 0) is 65.0 Å². The van der Waals surface area contributed by atoms with Gasteiger partial charge in [-0.1, -0.05) is 0 Å². The smallest absolute Gasteiger partial charge is 0.160 e. The molecule has 0 amide bonds. The van der Waals surface area contributed by atoms with Crippen LogP contribution >= 0.6 is 0 Å². The zero-order chi connectivity index (χ0) is 15.8. The van der Waals surface area contributed by atoms with E-state index < -0.39 is 0 Å². The molecule has 0 spiro atoms. The van der Waals surface area contributed by atoms with E-state index in [-0.39, 0.29) is 0 Å².